The molecule has 0 saturated carbocycles. The maximum Gasteiger partial charge on any atom is 0.323 e. The molecule has 0 aliphatic heterocycles. The van der Waals surface area contributed by atoms with Gasteiger partial charge >= 0.3 is 12.0 Å². The van der Waals surface area contributed by atoms with Gasteiger partial charge in [0.05, 0.1) is 0 Å². The lowest BCUT2D eigenvalue weighted by molar-refractivity contribution is -0.137. The molecule has 0 aliphatic carbocycles. The standard InChI is InChI=1S/C13H16N2O3S/c1-3-7-15(9-12(16)17)13(18)14-10-5-4-6-11(8-10)19-2/h3-6,8H,1,7,9H2,2H3,(H,14,18)(H,16,17). The first-order chi connectivity index (χ1) is 9.06. The largest absolute Gasteiger partial charge is 0.480 e. The topological polar surface area (TPSA) is 69.6 Å². The fraction of sp³-hybridized carbons (Fsp3) is 0.231. The summed E-state index contributed by atoms with van der Waals surface area (Å²) >= 11 is 1.56. The van der Waals surface area contributed by atoms with Crippen LogP contribution in [-0.4, -0.2) is 41.4 Å². The maximum atomic E-state index is 11.9. The molecule has 2 N–H and O–H groups in total. The van der Waals surface area contributed by atoms with E-state index in [9.17, 15) is 9.59 Å². The maximum absolute atomic E-state index is 11.9. The van der Waals surface area contributed by atoms with Crippen molar-refractivity contribution in [1.29, 1.82) is 0 Å². The third kappa shape index (κ3) is 5.05. The first kappa shape index (κ1) is 15.1. The Bertz CT molecular complexity index is 477. The molecule has 1 aromatic rings. The molecule has 102 valence electrons. The SMILES string of the molecule is C=CCN(CC(=O)O)C(=O)Nc1cccc(SC)c1. The number of carboxylic acids is 1. The van der Waals surface area contributed by atoms with Crippen molar-refractivity contribution in [2.45, 2.75) is 4.90 Å². The van der Waals surface area contributed by atoms with Gasteiger partial charge in [0, 0.05) is 17.1 Å². The van der Waals surface area contributed by atoms with Crippen LogP contribution in [0.1, 0.15) is 0 Å². The van der Waals surface area contributed by atoms with E-state index in [2.05, 4.69) is 11.9 Å². The van der Waals surface area contributed by atoms with Crippen molar-refractivity contribution in [1.82, 2.24) is 4.90 Å². The van der Waals surface area contributed by atoms with Gasteiger partial charge in [0.25, 0.3) is 0 Å². The van der Waals surface area contributed by atoms with Crippen molar-refractivity contribution in [3.05, 3.63) is 36.9 Å². The van der Waals surface area contributed by atoms with Gasteiger partial charge in [0.2, 0.25) is 0 Å². The van der Waals surface area contributed by atoms with Gasteiger partial charge in [-0.2, -0.15) is 0 Å². The highest BCUT2D eigenvalue weighted by atomic mass is 32.2. The Labute approximate surface area is 116 Å². The van der Waals surface area contributed by atoms with Crippen LogP contribution in [0.3, 0.4) is 0 Å². The van der Waals surface area contributed by atoms with E-state index in [0.29, 0.717) is 5.69 Å². The predicted octanol–water partition coefficient (Wildman–Crippen LogP) is 2.51. The number of anilines is 1. The summed E-state index contributed by atoms with van der Waals surface area (Å²) in [5, 5.41) is 11.4. The minimum absolute atomic E-state index is 0.181. The molecule has 0 bridgehead atoms. The predicted molar refractivity (Wildman–Crippen MR) is 76.6 cm³/mol. The summed E-state index contributed by atoms with van der Waals surface area (Å²) in [6.45, 7) is 3.33. The first-order valence-corrected chi connectivity index (χ1v) is 6.82. The Morgan fingerprint density at radius 2 is 2.26 bits per heavy atom. The average molecular weight is 280 g/mol. The van der Waals surface area contributed by atoms with Crippen LogP contribution >= 0.6 is 11.8 Å². The lowest BCUT2D eigenvalue weighted by Crippen LogP contribution is -2.38. The van der Waals surface area contributed by atoms with Crippen LogP contribution < -0.4 is 5.32 Å². The molecule has 0 saturated heterocycles. The van der Waals surface area contributed by atoms with Gasteiger partial charge < -0.3 is 15.3 Å². The Morgan fingerprint density at radius 3 is 2.84 bits per heavy atom. The summed E-state index contributed by atoms with van der Waals surface area (Å²) in [5.74, 6) is -1.06. The molecule has 0 heterocycles. The van der Waals surface area contributed by atoms with Gasteiger partial charge in [-0.3, -0.25) is 4.79 Å². The highest BCUT2D eigenvalue weighted by Crippen LogP contribution is 2.19. The van der Waals surface area contributed by atoms with E-state index in [1.165, 1.54) is 11.0 Å². The number of hydrogen-bond donors (Lipinski definition) is 2. The number of aliphatic carboxylic acids is 1. The Morgan fingerprint density at radius 1 is 1.53 bits per heavy atom. The van der Waals surface area contributed by atoms with E-state index >= 15 is 0 Å². The number of benzene rings is 1. The van der Waals surface area contributed by atoms with Gasteiger partial charge in [-0.05, 0) is 24.5 Å². The number of rotatable bonds is 6. The highest BCUT2D eigenvalue weighted by Gasteiger charge is 2.15. The number of hydrogen-bond acceptors (Lipinski definition) is 3. The highest BCUT2D eigenvalue weighted by molar-refractivity contribution is 7.98. The molecule has 0 spiro atoms. The number of nitrogens with one attached hydrogen (secondary N) is 1. The van der Waals surface area contributed by atoms with Gasteiger partial charge in [-0.25, -0.2) is 4.79 Å². The summed E-state index contributed by atoms with van der Waals surface area (Å²) in [7, 11) is 0. The van der Waals surface area contributed by atoms with Crippen molar-refractivity contribution in [2.75, 3.05) is 24.7 Å². The van der Waals surface area contributed by atoms with Crippen molar-refractivity contribution < 1.29 is 14.7 Å². The zero-order chi connectivity index (χ0) is 14.3. The zero-order valence-corrected chi connectivity index (χ0v) is 11.4. The molecule has 5 nitrogen and oxygen atoms in total. The second kappa shape index (κ2) is 7.48. The quantitative estimate of drug-likeness (QED) is 0.620. The lowest BCUT2D eigenvalue weighted by Gasteiger charge is -2.19. The van der Waals surface area contributed by atoms with Crippen molar-refractivity contribution in [2.24, 2.45) is 0 Å². The van der Waals surface area contributed by atoms with E-state index < -0.39 is 12.0 Å². The molecule has 0 radical (unpaired) electrons. The van der Waals surface area contributed by atoms with Gasteiger partial charge in [0.15, 0.2) is 0 Å². The Kier molecular flexibility index (Phi) is 5.95. The van der Waals surface area contributed by atoms with E-state index in [1.54, 1.807) is 17.8 Å². The van der Waals surface area contributed by atoms with E-state index in [0.717, 1.165) is 4.90 Å². The second-order valence-corrected chi connectivity index (χ2v) is 4.60. The smallest absolute Gasteiger partial charge is 0.323 e. The van der Waals surface area contributed by atoms with E-state index in [-0.39, 0.29) is 13.1 Å². The van der Waals surface area contributed by atoms with Crippen molar-refractivity contribution >= 4 is 29.4 Å². The van der Waals surface area contributed by atoms with Crippen molar-refractivity contribution in [3.8, 4) is 0 Å². The first-order valence-electron chi connectivity index (χ1n) is 5.59. The number of carboxylic acid groups (broad SMARTS) is 1. The molecule has 0 aromatic heterocycles. The molecular weight excluding hydrogens is 264 g/mol. The van der Waals surface area contributed by atoms with Crippen LogP contribution in [0.5, 0.6) is 0 Å². The van der Waals surface area contributed by atoms with Gasteiger partial charge in [-0.1, -0.05) is 12.1 Å². The molecule has 0 unspecified atom stereocenters. The van der Waals surface area contributed by atoms with E-state index in [4.69, 9.17) is 5.11 Å². The third-order valence-electron chi connectivity index (χ3n) is 2.28. The fourth-order valence-electron chi connectivity index (χ4n) is 1.44. The van der Waals surface area contributed by atoms with E-state index in [1.807, 2.05) is 24.5 Å². The summed E-state index contributed by atoms with van der Waals surface area (Å²) in [4.78, 5) is 24.8. The molecule has 2 amide bonds. The van der Waals surface area contributed by atoms with Crippen LogP contribution in [-0.2, 0) is 4.79 Å². The number of carbonyl (C=O) groups is 2. The Balaban J connectivity index is 2.74. The number of amides is 2. The zero-order valence-electron chi connectivity index (χ0n) is 10.6. The number of urea groups is 1. The molecule has 0 aliphatic rings. The fourth-order valence-corrected chi connectivity index (χ4v) is 1.90. The molecule has 6 heteroatoms. The lowest BCUT2D eigenvalue weighted by atomic mass is 10.3. The second-order valence-electron chi connectivity index (χ2n) is 3.73. The number of carbonyl (C=O) groups excluding carboxylic acids is 1. The van der Waals surface area contributed by atoms with Crippen LogP contribution in [0.2, 0.25) is 0 Å². The number of nitrogens with zero attached hydrogens (tertiary/aromatic N) is 1. The summed E-state index contributed by atoms with van der Waals surface area (Å²) in [6, 6.07) is 6.88. The molecule has 0 fully saturated rings. The summed E-state index contributed by atoms with van der Waals surface area (Å²) in [5.41, 5.74) is 0.635. The molecule has 19 heavy (non-hydrogen) atoms. The van der Waals surface area contributed by atoms with Crippen LogP contribution in [0.25, 0.3) is 0 Å². The molecular formula is C13H16N2O3S. The average Bonchev–Trinajstić information content (AvgIpc) is 2.38. The molecule has 1 aromatic carbocycles. The Hall–Kier alpha value is -1.95. The van der Waals surface area contributed by atoms with Crippen molar-refractivity contribution in [3.63, 3.8) is 0 Å². The van der Waals surface area contributed by atoms with Crippen LogP contribution in [0.4, 0.5) is 10.5 Å². The molecule has 0 atom stereocenters. The molecule has 1 rings (SSSR count). The minimum atomic E-state index is -1.06. The monoisotopic (exact) mass is 280 g/mol. The van der Waals surface area contributed by atoms with Crippen LogP contribution in [0, 0.1) is 0 Å². The minimum Gasteiger partial charge on any atom is -0.480 e. The summed E-state index contributed by atoms with van der Waals surface area (Å²) in [6.07, 6.45) is 3.43. The third-order valence-corrected chi connectivity index (χ3v) is 3.01. The number of thioether (sulfide) groups is 1. The van der Waals surface area contributed by atoms with Gasteiger partial charge in [-0.15, -0.1) is 18.3 Å². The normalized spacial score (nSPS) is 9.74. The van der Waals surface area contributed by atoms with Crippen LogP contribution in [0.15, 0.2) is 41.8 Å². The summed E-state index contributed by atoms with van der Waals surface area (Å²) < 4.78 is 0. The van der Waals surface area contributed by atoms with Gasteiger partial charge in [0.1, 0.15) is 6.54 Å².